The molecule has 126 valence electrons. The molecule has 23 heavy (non-hydrogen) atoms. The Morgan fingerprint density at radius 2 is 2.13 bits per heavy atom. The Morgan fingerprint density at radius 1 is 1.43 bits per heavy atom. The summed E-state index contributed by atoms with van der Waals surface area (Å²) in [5.74, 6) is -1.91. The summed E-state index contributed by atoms with van der Waals surface area (Å²) in [6.07, 6.45) is 2.94. The molecule has 2 amide bonds. The monoisotopic (exact) mass is 326 g/mol. The van der Waals surface area contributed by atoms with Gasteiger partial charge in [-0.2, -0.15) is 0 Å². The third kappa shape index (κ3) is 4.56. The number of amides is 2. The maximum Gasteiger partial charge on any atom is 0.337 e. The molecule has 1 unspecified atom stereocenters. The number of rotatable bonds is 6. The van der Waals surface area contributed by atoms with Gasteiger partial charge in [0.15, 0.2) is 17.2 Å². The standard InChI is InChI=1S/C15H19FN2O5/c1-15(22,13(19)20)8-17-14(21)18-9-5-6-12(11(16)7-9)23-10-3-2-4-10/h5-7,10,22H,2-4,8H2,1H3,(H,19,20)(H2,17,18,21). The Labute approximate surface area is 132 Å². The largest absolute Gasteiger partial charge is 0.487 e. The van der Waals surface area contributed by atoms with E-state index >= 15 is 0 Å². The zero-order valence-electron chi connectivity index (χ0n) is 12.6. The van der Waals surface area contributed by atoms with Crippen LogP contribution in [0.25, 0.3) is 0 Å². The van der Waals surface area contributed by atoms with Crippen LogP contribution in [0.5, 0.6) is 5.75 Å². The van der Waals surface area contributed by atoms with Gasteiger partial charge in [0, 0.05) is 11.8 Å². The zero-order chi connectivity index (χ0) is 17.0. The highest BCUT2D eigenvalue weighted by Gasteiger charge is 2.30. The molecule has 0 aliphatic heterocycles. The number of benzene rings is 1. The molecule has 7 nitrogen and oxygen atoms in total. The van der Waals surface area contributed by atoms with Crippen molar-refractivity contribution in [3.8, 4) is 5.75 Å². The topological polar surface area (TPSA) is 108 Å². The van der Waals surface area contributed by atoms with Crippen LogP contribution >= 0.6 is 0 Å². The summed E-state index contributed by atoms with van der Waals surface area (Å²) >= 11 is 0. The number of urea groups is 1. The molecular weight excluding hydrogens is 307 g/mol. The van der Waals surface area contributed by atoms with Crippen LogP contribution in [0.4, 0.5) is 14.9 Å². The summed E-state index contributed by atoms with van der Waals surface area (Å²) in [6, 6.07) is 3.27. The Bertz CT molecular complexity index is 602. The number of ether oxygens (including phenoxy) is 1. The lowest BCUT2D eigenvalue weighted by atomic mass is 9.96. The van der Waals surface area contributed by atoms with Crippen LogP contribution in [-0.2, 0) is 4.79 Å². The van der Waals surface area contributed by atoms with Crippen molar-refractivity contribution in [3.05, 3.63) is 24.0 Å². The summed E-state index contributed by atoms with van der Waals surface area (Å²) < 4.78 is 19.3. The highest BCUT2D eigenvalue weighted by Crippen LogP contribution is 2.28. The lowest BCUT2D eigenvalue weighted by Crippen LogP contribution is -2.47. The molecule has 1 saturated carbocycles. The van der Waals surface area contributed by atoms with Gasteiger partial charge in [0.25, 0.3) is 0 Å². The maximum atomic E-state index is 13.9. The number of hydrogen-bond donors (Lipinski definition) is 4. The normalized spacial score (nSPS) is 16.8. The van der Waals surface area contributed by atoms with E-state index in [-0.39, 0.29) is 17.5 Å². The summed E-state index contributed by atoms with van der Waals surface area (Å²) in [5.41, 5.74) is -1.89. The molecule has 4 N–H and O–H groups in total. The van der Waals surface area contributed by atoms with Crippen molar-refractivity contribution in [3.63, 3.8) is 0 Å². The number of hydrogen-bond acceptors (Lipinski definition) is 4. The molecule has 0 radical (unpaired) electrons. The minimum absolute atomic E-state index is 0.0462. The van der Waals surface area contributed by atoms with E-state index in [0.29, 0.717) is 0 Å². The lowest BCUT2D eigenvalue weighted by molar-refractivity contribution is -0.155. The van der Waals surface area contributed by atoms with Crippen molar-refractivity contribution in [1.82, 2.24) is 5.32 Å². The SMILES string of the molecule is CC(O)(CNC(=O)Nc1ccc(OC2CCC2)c(F)c1)C(=O)O. The van der Waals surface area contributed by atoms with Crippen LogP contribution < -0.4 is 15.4 Å². The van der Waals surface area contributed by atoms with Crippen LogP contribution in [0.1, 0.15) is 26.2 Å². The van der Waals surface area contributed by atoms with Gasteiger partial charge in [0.2, 0.25) is 0 Å². The Morgan fingerprint density at radius 3 is 2.65 bits per heavy atom. The fourth-order valence-corrected chi connectivity index (χ4v) is 1.85. The molecule has 2 rings (SSSR count). The van der Waals surface area contributed by atoms with Crippen LogP contribution in [-0.4, -0.2) is 40.5 Å². The minimum atomic E-state index is -2.08. The molecule has 1 atom stereocenters. The van der Waals surface area contributed by atoms with Gasteiger partial charge < -0.3 is 25.6 Å². The molecule has 1 aliphatic rings. The average molecular weight is 326 g/mol. The van der Waals surface area contributed by atoms with E-state index < -0.39 is 30.0 Å². The number of aliphatic carboxylic acids is 1. The Kier molecular flexibility index (Phi) is 5.05. The molecule has 8 heteroatoms. The van der Waals surface area contributed by atoms with Gasteiger partial charge in [-0.15, -0.1) is 0 Å². The highest BCUT2D eigenvalue weighted by atomic mass is 19.1. The van der Waals surface area contributed by atoms with E-state index in [9.17, 15) is 19.1 Å². The molecule has 1 fully saturated rings. The van der Waals surface area contributed by atoms with Crippen molar-refractivity contribution in [2.75, 3.05) is 11.9 Å². The quantitative estimate of drug-likeness (QED) is 0.636. The second kappa shape index (κ2) is 6.82. The molecule has 0 spiro atoms. The fraction of sp³-hybridized carbons (Fsp3) is 0.467. The first-order chi connectivity index (χ1) is 10.8. The predicted molar refractivity (Wildman–Crippen MR) is 79.9 cm³/mol. The number of carboxylic acids is 1. The van der Waals surface area contributed by atoms with Gasteiger partial charge in [-0.25, -0.2) is 14.0 Å². The summed E-state index contributed by atoms with van der Waals surface area (Å²) in [5, 5.41) is 22.8. The van der Waals surface area contributed by atoms with Crippen molar-refractivity contribution in [2.45, 2.75) is 37.9 Å². The molecule has 1 aromatic carbocycles. The summed E-state index contributed by atoms with van der Waals surface area (Å²) in [6.45, 7) is 0.571. The Balaban J connectivity index is 1.88. The van der Waals surface area contributed by atoms with Gasteiger partial charge in [-0.3, -0.25) is 0 Å². The molecule has 1 aromatic rings. The first-order valence-corrected chi connectivity index (χ1v) is 7.25. The lowest BCUT2D eigenvalue weighted by Gasteiger charge is -2.26. The maximum absolute atomic E-state index is 13.9. The highest BCUT2D eigenvalue weighted by molar-refractivity contribution is 5.90. The van der Waals surface area contributed by atoms with E-state index in [1.54, 1.807) is 0 Å². The fourth-order valence-electron chi connectivity index (χ4n) is 1.85. The van der Waals surface area contributed by atoms with E-state index in [1.807, 2.05) is 0 Å². The molecule has 0 aromatic heterocycles. The zero-order valence-corrected chi connectivity index (χ0v) is 12.6. The number of nitrogens with one attached hydrogen (secondary N) is 2. The smallest absolute Gasteiger partial charge is 0.337 e. The molecule has 0 heterocycles. The van der Waals surface area contributed by atoms with Crippen LogP contribution in [0, 0.1) is 5.82 Å². The van der Waals surface area contributed by atoms with Crippen molar-refractivity contribution < 1.29 is 28.9 Å². The number of aliphatic hydroxyl groups is 1. The number of anilines is 1. The first kappa shape index (κ1) is 17.0. The molecule has 0 bridgehead atoms. The number of halogens is 1. The molecule has 1 aliphatic carbocycles. The van der Waals surface area contributed by atoms with Crippen molar-refractivity contribution >= 4 is 17.7 Å². The van der Waals surface area contributed by atoms with E-state index in [0.717, 1.165) is 32.3 Å². The molecule has 0 saturated heterocycles. The first-order valence-electron chi connectivity index (χ1n) is 7.25. The second-order valence-electron chi connectivity index (χ2n) is 5.70. The number of carbonyl (C=O) groups excluding carboxylic acids is 1. The third-order valence-electron chi connectivity index (χ3n) is 3.59. The van der Waals surface area contributed by atoms with Crippen LogP contribution in [0.2, 0.25) is 0 Å². The van der Waals surface area contributed by atoms with Gasteiger partial charge in [0.05, 0.1) is 12.6 Å². The van der Waals surface area contributed by atoms with Crippen molar-refractivity contribution in [1.29, 1.82) is 0 Å². The van der Waals surface area contributed by atoms with E-state index in [1.165, 1.54) is 12.1 Å². The van der Waals surface area contributed by atoms with E-state index in [4.69, 9.17) is 9.84 Å². The third-order valence-corrected chi connectivity index (χ3v) is 3.59. The Hall–Kier alpha value is -2.35. The van der Waals surface area contributed by atoms with Crippen LogP contribution in [0.3, 0.4) is 0 Å². The van der Waals surface area contributed by atoms with Crippen molar-refractivity contribution in [2.24, 2.45) is 0 Å². The number of carbonyl (C=O) groups is 2. The number of carboxylic acid groups (broad SMARTS) is 1. The van der Waals surface area contributed by atoms with Crippen LogP contribution in [0.15, 0.2) is 18.2 Å². The summed E-state index contributed by atoms with van der Waals surface area (Å²) in [4.78, 5) is 22.3. The van der Waals surface area contributed by atoms with Gasteiger partial charge >= 0.3 is 12.0 Å². The second-order valence-corrected chi connectivity index (χ2v) is 5.70. The minimum Gasteiger partial charge on any atom is -0.487 e. The van der Waals surface area contributed by atoms with Gasteiger partial charge in [-0.05, 0) is 38.3 Å². The summed E-state index contributed by atoms with van der Waals surface area (Å²) in [7, 11) is 0. The average Bonchev–Trinajstić information content (AvgIpc) is 2.42. The van der Waals surface area contributed by atoms with Gasteiger partial charge in [-0.1, -0.05) is 0 Å². The van der Waals surface area contributed by atoms with Gasteiger partial charge in [0.1, 0.15) is 0 Å². The predicted octanol–water partition coefficient (Wildman–Crippen LogP) is 1.71. The molecular formula is C15H19FN2O5. The van der Waals surface area contributed by atoms with E-state index in [2.05, 4.69) is 10.6 Å².